The normalized spacial score (nSPS) is 15.2. The molecule has 0 saturated carbocycles. The fraction of sp³-hybridized carbons (Fsp3) is 0.308. The van der Waals surface area contributed by atoms with E-state index >= 15 is 0 Å². The smallest absolute Gasteiger partial charge is 0.326 e. The van der Waals surface area contributed by atoms with Gasteiger partial charge in [0.1, 0.15) is 11.6 Å². The first-order valence-corrected chi connectivity index (χ1v) is 6.09. The van der Waals surface area contributed by atoms with Crippen LogP contribution in [0.5, 0.6) is 0 Å². The maximum Gasteiger partial charge on any atom is 0.419 e. The molecule has 1 aromatic carbocycles. The van der Waals surface area contributed by atoms with Gasteiger partial charge in [-0.05, 0) is 12.1 Å². The van der Waals surface area contributed by atoms with Crippen LogP contribution in [0.15, 0.2) is 24.4 Å². The van der Waals surface area contributed by atoms with Gasteiger partial charge in [-0.25, -0.2) is 9.37 Å². The van der Waals surface area contributed by atoms with Crippen LogP contribution in [0.4, 0.5) is 17.6 Å². The second-order valence-electron chi connectivity index (χ2n) is 4.58. The molecule has 0 amide bonds. The minimum absolute atomic E-state index is 0.399. The Labute approximate surface area is 112 Å². The van der Waals surface area contributed by atoms with E-state index in [-0.39, 0.29) is 0 Å². The topological polar surface area (TPSA) is 29.9 Å². The molecule has 20 heavy (non-hydrogen) atoms. The predicted octanol–water partition coefficient (Wildman–Crippen LogP) is 2.81. The second-order valence-corrected chi connectivity index (χ2v) is 4.58. The second kappa shape index (κ2) is 4.59. The summed E-state index contributed by atoms with van der Waals surface area (Å²) in [6.45, 7) is 2.01. The van der Waals surface area contributed by atoms with E-state index in [9.17, 15) is 17.6 Å². The summed E-state index contributed by atoms with van der Waals surface area (Å²) in [7, 11) is 0. The van der Waals surface area contributed by atoms with Crippen LogP contribution in [0, 0.1) is 5.82 Å². The van der Waals surface area contributed by atoms with Crippen molar-refractivity contribution in [3.63, 3.8) is 0 Å². The van der Waals surface area contributed by atoms with Crippen molar-refractivity contribution in [2.75, 3.05) is 6.54 Å². The van der Waals surface area contributed by atoms with Gasteiger partial charge in [-0.2, -0.15) is 13.2 Å². The lowest BCUT2D eigenvalue weighted by Crippen LogP contribution is -2.28. The molecule has 7 heteroatoms. The van der Waals surface area contributed by atoms with E-state index in [0.29, 0.717) is 24.3 Å². The Bertz CT molecular complexity index is 646. The molecule has 1 aliphatic heterocycles. The number of fused-ring (bicyclic) bond motifs is 1. The van der Waals surface area contributed by atoms with Gasteiger partial charge in [0.05, 0.1) is 24.0 Å². The average Bonchev–Trinajstić information content (AvgIpc) is 2.80. The maximum atomic E-state index is 13.6. The fourth-order valence-corrected chi connectivity index (χ4v) is 2.33. The molecule has 0 unspecified atom stereocenters. The van der Waals surface area contributed by atoms with Crippen LogP contribution in [0.25, 0.3) is 11.3 Å². The van der Waals surface area contributed by atoms with Gasteiger partial charge in [-0.1, -0.05) is 6.07 Å². The average molecular weight is 285 g/mol. The number of benzene rings is 1. The molecular weight excluding hydrogens is 274 g/mol. The summed E-state index contributed by atoms with van der Waals surface area (Å²) in [5, 5.41) is 3.14. The molecule has 1 N–H and O–H groups in total. The Hall–Kier alpha value is -1.89. The number of hydrogen-bond donors (Lipinski definition) is 1. The van der Waals surface area contributed by atoms with Gasteiger partial charge >= 0.3 is 6.18 Å². The fourth-order valence-electron chi connectivity index (χ4n) is 2.33. The third kappa shape index (κ3) is 2.18. The van der Waals surface area contributed by atoms with E-state index in [2.05, 4.69) is 10.3 Å². The van der Waals surface area contributed by atoms with Gasteiger partial charge in [0.25, 0.3) is 0 Å². The van der Waals surface area contributed by atoms with Crippen LogP contribution < -0.4 is 5.32 Å². The Kier molecular flexibility index (Phi) is 3.01. The lowest BCUT2D eigenvalue weighted by atomic mass is 10.1. The minimum Gasteiger partial charge on any atom is -0.326 e. The summed E-state index contributed by atoms with van der Waals surface area (Å²) < 4.78 is 53.1. The molecule has 2 heterocycles. The van der Waals surface area contributed by atoms with Crippen molar-refractivity contribution < 1.29 is 17.6 Å². The molecule has 1 aromatic heterocycles. The number of halogens is 4. The molecular formula is C13H11F4N3. The van der Waals surface area contributed by atoms with Crippen molar-refractivity contribution >= 4 is 0 Å². The SMILES string of the molecule is Fc1cc(-c2cnc3n2CCNC3)ccc1C(F)(F)F. The Balaban J connectivity index is 2.04. The number of alkyl halides is 3. The standard InChI is InChI=1S/C13H11F4N3/c14-10-5-8(1-2-9(10)13(15,16)17)11-6-19-12-7-18-3-4-20(11)12/h1-2,5-6,18H,3-4,7H2. The molecule has 0 saturated heterocycles. The summed E-state index contributed by atoms with van der Waals surface area (Å²) in [4.78, 5) is 4.19. The van der Waals surface area contributed by atoms with Crippen molar-refractivity contribution in [3.05, 3.63) is 41.6 Å². The van der Waals surface area contributed by atoms with Gasteiger partial charge in [-0.15, -0.1) is 0 Å². The molecule has 3 rings (SSSR count). The zero-order valence-corrected chi connectivity index (χ0v) is 10.3. The van der Waals surface area contributed by atoms with E-state index in [1.54, 1.807) is 6.20 Å². The first kappa shape index (κ1) is 13.1. The summed E-state index contributed by atoms with van der Waals surface area (Å²) in [6.07, 6.45) is -3.12. The zero-order valence-electron chi connectivity index (χ0n) is 10.3. The third-order valence-corrected chi connectivity index (χ3v) is 3.30. The number of rotatable bonds is 1. The predicted molar refractivity (Wildman–Crippen MR) is 64.3 cm³/mol. The summed E-state index contributed by atoms with van der Waals surface area (Å²) in [6, 6.07) is 2.96. The molecule has 0 fully saturated rings. The van der Waals surface area contributed by atoms with Crippen molar-refractivity contribution in [3.8, 4) is 11.3 Å². The first-order valence-electron chi connectivity index (χ1n) is 6.09. The van der Waals surface area contributed by atoms with Gasteiger partial charge in [0.2, 0.25) is 0 Å². The van der Waals surface area contributed by atoms with Gasteiger partial charge in [-0.3, -0.25) is 0 Å². The maximum absolute atomic E-state index is 13.6. The van der Waals surface area contributed by atoms with E-state index < -0.39 is 17.6 Å². The highest BCUT2D eigenvalue weighted by molar-refractivity contribution is 5.60. The van der Waals surface area contributed by atoms with Gasteiger partial charge in [0, 0.05) is 18.7 Å². The number of hydrogen-bond acceptors (Lipinski definition) is 2. The van der Waals surface area contributed by atoms with E-state index in [4.69, 9.17) is 0 Å². The molecule has 2 aromatic rings. The molecule has 0 radical (unpaired) electrons. The van der Waals surface area contributed by atoms with Crippen molar-refractivity contribution in [1.29, 1.82) is 0 Å². The van der Waals surface area contributed by atoms with Gasteiger partial charge < -0.3 is 9.88 Å². The lowest BCUT2D eigenvalue weighted by Gasteiger charge is -2.18. The number of aromatic nitrogens is 2. The highest BCUT2D eigenvalue weighted by Gasteiger charge is 2.34. The van der Waals surface area contributed by atoms with Crippen molar-refractivity contribution in [2.45, 2.75) is 19.3 Å². The monoisotopic (exact) mass is 285 g/mol. The van der Waals surface area contributed by atoms with E-state index in [1.165, 1.54) is 6.07 Å². The Morgan fingerprint density at radius 2 is 2.05 bits per heavy atom. The number of imidazole rings is 1. The number of nitrogens with zero attached hydrogens (tertiary/aromatic N) is 2. The highest BCUT2D eigenvalue weighted by Crippen LogP contribution is 2.33. The molecule has 3 nitrogen and oxygen atoms in total. The summed E-state index contributed by atoms with van der Waals surface area (Å²) >= 11 is 0. The zero-order chi connectivity index (χ0) is 14.3. The quantitative estimate of drug-likeness (QED) is 0.817. The first-order chi connectivity index (χ1) is 9.47. The molecule has 1 aliphatic rings. The van der Waals surface area contributed by atoms with Crippen LogP contribution in [0.1, 0.15) is 11.4 Å². The van der Waals surface area contributed by atoms with Crippen molar-refractivity contribution in [1.82, 2.24) is 14.9 Å². The molecule has 0 aliphatic carbocycles. The van der Waals surface area contributed by atoms with Crippen LogP contribution in [0.2, 0.25) is 0 Å². The Morgan fingerprint density at radius 3 is 2.75 bits per heavy atom. The van der Waals surface area contributed by atoms with E-state index in [0.717, 1.165) is 24.5 Å². The molecule has 106 valence electrons. The van der Waals surface area contributed by atoms with Crippen LogP contribution in [-0.2, 0) is 19.3 Å². The Morgan fingerprint density at radius 1 is 1.25 bits per heavy atom. The molecule has 0 spiro atoms. The van der Waals surface area contributed by atoms with Crippen LogP contribution >= 0.6 is 0 Å². The van der Waals surface area contributed by atoms with Crippen molar-refractivity contribution in [2.24, 2.45) is 0 Å². The largest absolute Gasteiger partial charge is 0.419 e. The molecule has 0 bridgehead atoms. The lowest BCUT2D eigenvalue weighted by molar-refractivity contribution is -0.139. The number of nitrogens with one attached hydrogen (secondary N) is 1. The highest BCUT2D eigenvalue weighted by atomic mass is 19.4. The summed E-state index contributed by atoms with van der Waals surface area (Å²) in [5.41, 5.74) is -0.216. The minimum atomic E-state index is -4.68. The van der Waals surface area contributed by atoms with Crippen LogP contribution in [-0.4, -0.2) is 16.1 Å². The van der Waals surface area contributed by atoms with Crippen LogP contribution in [0.3, 0.4) is 0 Å². The van der Waals surface area contributed by atoms with E-state index in [1.807, 2.05) is 4.57 Å². The van der Waals surface area contributed by atoms with Gasteiger partial charge in [0.15, 0.2) is 0 Å². The molecule has 0 atom stereocenters. The third-order valence-electron chi connectivity index (χ3n) is 3.30. The summed E-state index contributed by atoms with van der Waals surface area (Å²) in [5.74, 6) is -0.467.